The molecule has 2 aromatic rings. The van der Waals surface area contributed by atoms with Gasteiger partial charge >= 0.3 is 6.18 Å². The van der Waals surface area contributed by atoms with Crippen LogP contribution in [0.3, 0.4) is 0 Å². The molecule has 0 radical (unpaired) electrons. The molecule has 0 N–H and O–H groups in total. The fourth-order valence-corrected chi connectivity index (χ4v) is 3.69. The first-order chi connectivity index (χ1) is 13.3. The summed E-state index contributed by atoms with van der Waals surface area (Å²) in [5, 5.41) is 3.72. The summed E-state index contributed by atoms with van der Waals surface area (Å²) in [5.74, 6) is 0.359. The van der Waals surface area contributed by atoms with Crippen LogP contribution in [0.1, 0.15) is 19.0 Å². The zero-order valence-corrected chi connectivity index (χ0v) is 15.2. The van der Waals surface area contributed by atoms with Gasteiger partial charge in [0.15, 0.2) is 0 Å². The highest BCUT2D eigenvalue weighted by Crippen LogP contribution is 2.35. The summed E-state index contributed by atoms with van der Waals surface area (Å²) in [6.07, 6.45) is -3.40. The molecule has 2 unspecified atom stereocenters. The van der Waals surface area contributed by atoms with Crippen molar-refractivity contribution in [3.8, 4) is 0 Å². The lowest BCUT2D eigenvalue weighted by atomic mass is 10.1. The molecule has 152 valence electrons. The normalized spacial score (nSPS) is 23.0. The second kappa shape index (κ2) is 7.12. The molecule has 0 saturated carbocycles. The monoisotopic (exact) mass is 399 g/mol. The first-order valence-corrected chi connectivity index (χ1v) is 9.03. The molecule has 0 spiro atoms. The number of halogens is 3. The van der Waals surface area contributed by atoms with E-state index in [0.717, 1.165) is 4.90 Å². The molecule has 1 saturated heterocycles. The Balaban J connectivity index is 1.78. The Morgan fingerprint density at radius 3 is 2.82 bits per heavy atom. The summed E-state index contributed by atoms with van der Waals surface area (Å²) >= 11 is 0. The predicted octanol–water partition coefficient (Wildman–Crippen LogP) is 1.80. The molecule has 1 fully saturated rings. The maximum absolute atomic E-state index is 13.7. The second-order valence-electron chi connectivity index (χ2n) is 6.99. The van der Waals surface area contributed by atoms with E-state index in [-0.39, 0.29) is 37.1 Å². The summed E-state index contributed by atoms with van der Waals surface area (Å²) in [6, 6.07) is 1.09. The minimum Gasteiger partial charge on any atom is -0.377 e. The van der Waals surface area contributed by atoms with E-state index in [4.69, 9.17) is 9.26 Å². The zero-order chi connectivity index (χ0) is 19.9. The van der Waals surface area contributed by atoms with Gasteiger partial charge in [0.1, 0.15) is 23.8 Å². The highest BCUT2D eigenvalue weighted by atomic mass is 19.4. The van der Waals surface area contributed by atoms with Crippen molar-refractivity contribution in [2.45, 2.75) is 44.7 Å². The van der Waals surface area contributed by atoms with Crippen LogP contribution in [0, 0.1) is 0 Å². The maximum Gasteiger partial charge on any atom is 0.408 e. The third-order valence-electron chi connectivity index (χ3n) is 5.10. The quantitative estimate of drug-likeness (QED) is 0.779. The van der Waals surface area contributed by atoms with Crippen LogP contribution >= 0.6 is 0 Å². The van der Waals surface area contributed by atoms with Crippen molar-refractivity contribution in [2.75, 3.05) is 29.6 Å². The maximum atomic E-state index is 13.7. The molecule has 8 nitrogen and oxygen atoms in total. The Kier molecular flexibility index (Phi) is 4.77. The zero-order valence-electron chi connectivity index (χ0n) is 15.2. The van der Waals surface area contributed by atoms with E-state index in [2.05, 4.69) is 10.1 Å². The van der Waals surface area contributed by atoms with Crippen LogP contribution in [0.5, 0.6) is 0 Å². The number of ether oxygens (including phenoxy) is 1. The van der Waals surface area contributed by atoms with Crippen LogP contribution in [0.2, 0.25) is 0 Å². The van der Waals surface area contributed by atoms with Gasteiger partial charge in [0, 0.05) is 25.2 Å². The van der Waals surface area contributed by atoms with Gasteiger partial charge in [0.05, 0.1) is 25.8 Å². The van der Waals surface area contributed by atoms with Crippen LogP contribution in [-0.2, 0) is 17.8 Å². The minimum atomic E-state index is -4.46. The van der Waals surface area contributed by atoms with E-state index < -0.39 is 12.2 Å². The molecule has 4 heterocycles. The topological polar surface area (TPSA) is 76.6 Å². The lowest BCUT2D eigenvalue weighted by Crippen LogP contribution is -2.52. The molecule has 4 rings (SSSR count). The fraction of sp³-hybridized carbons (Fsp3) is 0.588. The van der Waals surface area contributed by atoms with Crippen LogP contribution in [0.25, 0.3) is 0 Å². The van der Waals surface area contributed by atoms with Gasteiger partial charge in [-0.15, -0.1) is 0 Å². The van der Waals surface area contributed by atoms with Crippen molar-refractivity contribution in [1.82, 2.24) is 14.7 Å². The molecule has 0 amide bonds. The number of aromatic nitrogens is 3. The van der Waals surface area contributed by atoms with E-state index in [1.54, 1.807) is 0 Å². The number of rotatable bonds is 3. The van der Waals surface area contributed by atoms with Crippen LogP contribution < -0.4 is 15.4 Å². The van der Waals surface area contributed by atoms with Gasteiger partial charge < -0.3 is 19.1 Å². The average Bonchev–Trinajstić information content (AvgIpc) is 3.14. The number of morpholine rings is 1. The smallest absolute Gasteiger partial charge is 0.377 e. The predicted molar refractivity (Wildman–Crippen MR) is 93.3 cm³/mol. The van der Waals surface area contributed by atoms with Crippen molar-refractivity contribution in [3.05, 3.63) is 34.4 Å². The minimum absolute atomic E-state index is 0.00207. The van der Waals surface area contributed by atoms with Crippen LogP contribution in [0.15, 0.2) is 27.7 Å². The van der Waals surface area contributed by atoms with Crippen molar-refractivity contribution in [2.24, 2.45) is 0 Å². The Labute approximate surface area is 158 Å². The molecule has 2 atom stereocenters. The van der Waals surface area contributed by atoms with Gasteiger partial charge in [0.2, 0.25) is 5.95 Å². The highest BCUT2D eigenvalue weighted by Gasteiger charge is 2.47. The van der Waals surface area contributed by atoms with Crippen molar-refractivity contribution < 1.29 is 22.4 Å². The molecule has 28 heavy (non-hydrogen) atoms. The highest BCUT2D eigenvalue weighted by molar-refractivity contribution is 5.47. The Morgan fingerprint density at radius 2 is 2.14 bits per heavy atom. The third-order valence-corrected chi connectivity index (χ3v) is 5.10. The summed E-state index contributed by atoms with van der Waals surface area (Å²) < 4.78 is 52.6. The van der Waals surface area contributed by atoms with E-state index in [1.165, 1.54) is 23.0 Å². The first-order valence-electron chi connectivity index (χ1n) is 9.03. The number of hydrogen-bond donors (Lipinski definition) is 0. The summed E-state index contributed by atoms with van der Waals surface area (Å²) in [7, 11) is 0. The van der Waals surface area contributed by atoms with E-state index >= 15 is 0 Å². The van der Waals surface area contributed by atoms with Gasteiger partial charge in [-0.1, -0.05) is 5.16 Å². The van der Waals surface area contributed by atoms with Crippen LogP contribution in [0.4, 0.5) is 24.9 Å². The number of alkyl halides is 3. The SMILES string of the molecule is CC1COCCN1c1cc(=O)n2c(n1)N(Cc1ccon1)C(C(F)(F)F)CC2. The molecular weight excluding hydrogens is 379 g/mol. The molecule has 0 aromatic carbocycles. The van der Waals surface area contributed by atoms with Crippen molar-refractivity contribution in [3.63, 3.8) is 0 Å². The first kappa shape index (κ1) is 18.8. The molecule has 2 aliphatic heterocycles. The van der Waals surface area contributed by atoms with Gasteiger partial charge in [-0.25, -0.2) is 0 Å². The van der Waals surface area contributed by atoms with Gasteiger partial charge in [-0.05, 0) is 13.3 Å². The van der Waals surface area contributed by atoms with E-state index in [1.807, 2.05) is 11.8 Å². The fourth-order valence-electron chi connectivity index (χ4n) is 3.69. The summed E-state index contributed by atoms with van der Waals surface area (Å²) in [5.41, 5.74) is -0.0356. The molecule has 2 aromatic heterocycles. The van der Waals surface area contributed by atoms with Gasteiger partial charge in [0.25, 0.3) is 5.56 Å². The molecule has 2 aliphatic rings. The van der Waals surface area contributed by atoms with Crippen LogP contribution in [-0.4, -0.2) is 52.7 Å². The van der Waals surface area contributed by atoms with Crippen molar-refractivity contribution in [1.29, 1.82) is 0 Å². The number of hydrogen-bond acceptors (Lipinski definition) is 7. The lowest BCUT2D eigenvalue weighted by Gasteiger charge is -2.40. The lowest BCUT2D eigenvalue weighted by molar-refractivity contribution is -0.153. The van der Waals surface area contributed by atoms with Gasteiger partial charge in [-0.2, -0.15) is 18.2 Å². The standard InChI is InChI=1S/C17H20F3N5O3/c1-11-10-27-7-5-23(11)14-8-15(26)24-4-2-13(17(18,19)20)25(16(24)21-14)9-12-3-6-28-22-12/h3,6,8,11,13H,2,4-5,7,9-10H2,1H3. The average molecular weight is 399 g/mol. The molecule has 0 bridgehead atoms. The molecule has 0 aliphatic carbocycles. The Bertz CT molecular complexity index is 883. The summed E-state index contributed by atoms with van der Waals surface area (Å²) in [4.78, 5) is 20.1. The van der Waals surface area contributed by atoms with E-state index in [9.17, 15) is 18.0 Å². The largest absolute Gasteiger partial charge is 0.408 e. The number of anilines is 2. The number of fused-ring (bicyclic) bond motifs is 1. The molecule has 11 heteroatoms. The second-order valence-corrected chi connectivity index (χ2v) is 6.99. The van der Waals surface area contributed by atoms with Gasteiger partial charge in [-0.3, -0.25) is 9.36 Å². The Hall–Kier alpha value is -2.56. The third kappa shape index (κ3) is 3.46. The summed E-state index contributed by atoms with van der Waals surface area (Å²) in [6.45, 7) is 3.17. The molecular formula is C17H20F3N5O3. The Morgan fingerprint density at radius 1 is 1.32 bits per heavy atom. The van der Waals surface area contributed by atoms with Crippen molar-refractivity contribution >= 4 is 11.8 Å². The van der Waals surface area contributed by atoms with E-state index in [0.29, 0.717) is 31.3 Å². The number of nitrogens with zero attached hydrogens (tertiary/aromatic N) is 5.